The van der Waals surface area contributed by atoms with E-state index in [0.717, 1.165) is 31.1 Å². The molecule has 2 aliphatic carbocycles. The zero-order chi connectivity index (χ0) is 23.4. The van der Waals surface area contributed by atoms with Gasteiger partial charge in [0, 0.05) is 5.41 Å². The quantitative estimate of drug-likeness (QED) is 0.203. The van der Waals surface area contributed by atoms with E-state index >= 15 is 0 Å². The summed E-state index contributed by atoms with van der Waals surface area (Å²) in [6.45, 7) is 4.58. The van der Waals surface area contributed by atoms with Crippen LogP contribution in [0.25, 0.3) is 0 Å². The van der Waals surface area contributed by atoms with E-state index in [-0.39, 0.29) is 5.41 Å². The van der Waals surface area contributed by atoms with Crippen LogP contribution in [0.5, 0.6) is 0 Å². The van der Waals surface area contributed by atoms with Crippen molar-refractivity contribution in [2.45, 2.75) is 142 Å². The Balaban J connectivity index is 1.38. The predicted octanol–water partition coefficient (Wildman–Crippen LogP) is 9.82. The van der Waals surface area contributed by atoms with Crippen molar-refractivity contribution in [2.75, 3.05) is 0 Å². The molecule has 1 aromatic rings. The van der Waals surface area contributed by atoms with Gasteiger partial charge in [-0.1, -0.05) is 115 Å². The van der Waals surface area contributed by atoms with Crippen LogP contribution in [0.2, 0.25) is 0 Å². The summed E-state index contributed by atoms with van der Waals surface area (Å²) in [4.78, 5) is 12.0. The molecule has 186 valence electrons. The van der Waals surface area contributed by atoms with E-state index in [2.05, 4.69) is 38.1 Å². The first-order valence-corrected chi connectivity index (χ1v) is 14.7. The molecule has 0 N–H and O–H groups in total. The minimum atomic E-state index is -0.0157. The topological polar surface area (TPSA) is 17.1 Å². The Morgan fingerprint density at radius 3 is 1.97 bits per heavy atom. The Morgan fingerprint density at radius 1 is 0.758 bits per heavy atom. The van der Waals surface area contributed by atoms with Crippen molar-refractivity contribution in [1.82, 2.24) is 0 Å². The summed E-state index contributed by atoms with van der Waals surface area (Å²) in [5.74, 6) is 2.64. The number of aldehydes is 1. The molecular formula is C32H52O. The normalized spacial score (nSPS) is 28.0. The van der Waals surface area contributed by atoms with Gasteiger partial charge in [-0.3, -0.25) is 0 Å². The number of carbonyl (C=O) groups excluding carboxylic acids is 1. The zero-order valence-electron chi connectivity index (χ0n) is 22.0. The van der Waals surface area contributed by atoms with Gasteiger partial charge in [0.05, 0.1) is 0 Å². The molecule has 1 aromatic carbocycles. The molecule has 2 aliphatic rings. The summed E-state index contributed by atoms with van der Waals surface area (Å²) in [5, 5.41) is 0. The molecule has 0 unspecified atom stereocenters. The Kier molecular flexibility index (Phi) is 11.5. The first kappa shape index (κ1) is 26.5. The van der Waals surface area contributed by atoms with Crippen molar-refractivity contribution >= 4 is 6.29 Å². The van der Waals surface area contributed by atoms with Crippen molar-refractivity contribution in [3.63, 3.8) is 0 Å². The summed E-state index contributed by atoms with van der Waals surface area (Å²) in [6, 6.07) is 9.61. The summed E-state index contributed by atoms with van der Waals surface area (Å²) in [5.41, 5.74) is 3.02. The van der Waals surface area contributed by atoms with Gasteiger partial charge < -0.3 is 4.79 Å². The number of carbonyl (C=O) groups is 1. The predicted molar refractivity (Wildman–Crippen MR) is 143 cm³/mol. The smallest absolute Gasteiger partial charge is 0.126 e. The Morgan fingerprint density at radius 2 is 1.36 bits per heavy atom. The van der Waals surface area contributed by atoms with Crippen LogP contribution in [0.1, 0.15) is 146 Å². The molecule has 0 spiro atoms. The van der Waals surface area contributed by atoms with E-state index < -0.39 is 0 Å². The second-order valence-electron chi connectivity index (χ2n) is 11.7. The molecule has 0 heterocycles. The second kappa shape index (κ2) is 14.3. The maximum atomic E-state index is 12.0. The minimum absolute atomic E-state index is 0.0157. The van der Waals surface area contributed by atoms with Crippen LogP contribution in [0.3, 0.4) is 0 Å². The van der Waals surface area contributed by atoms with Crippen LogP contribution >= 0.6 is 0 Å². The molecule has 1 heteroatoms. The average Bonchev–Trinajstić information content (AvgIpc) is 2.87. The molecule has 33 heavy (non-hydrogen) atoms. The van der Waals surface area contributed by atoms with Gasteiger partial charge in [0.15, 0.2) is 0 Å². The number of aryl methyl sites for hydroxylation is 1. The van der Waals surface area contributed by atoms with Crippen molar-refractivity contribution in [1.29, 1.82) is 0 Å². The fourth-order valence-corrected chi connectivity index (χ4v) is 6.66. The van der Waals surface area contributed by atoms with Gasteiger partial charge >= 0.3 is 0 Å². The van der Waals surface area contributed by atoms with Crippen LogP contribution in [-0.2, 0) is 11.2 Å². The van der Waals surface area contributed by atoms with Gasteiger partial charge in [0.1, 0.15) is 6.29 Å². The standard InChI is InChI=1S/C32H52O/c1-3-5-7-8-9-23-32(26-33)24-21-31(22-25-32)30-19-17-29(18-20-30)16-15-28-13-11-27(12-14-28)10-6-4-2/h17-20,26-28,31H,3-16,21-25H2,1-2H3. The number of rotatable bonds is 14. The number of hydrogen-bond donors (Lipinski definition) is 0. The van der Waals surface area contributed by atoms with Crippen LogP contribution in [0.4, 0.5) is 0 Å². The molecule has 1 nitrogen and oxygen atoms in total. The maximum absolute atomic E-state index is 12.0. The van der Waals surface area contributed by atoms with Gasteiger partial charge in [-0.2, -0.15) is 0 Å². The number of unbranched alkanes of at least 4 members (excludes halogenated alkanes) is 5. The lowest BCUT2D eigenvalue weighted by atomic mass is 9.67. The lowest BCUT2D eigenvalue weighted by molar-refractivity contribution is -0.118. The Hall–Kier alpha value is -1.11. The highest BCUT2D eigenvalue weighted by atomic mass is 16.1. The third-order valence-corrected chi connectivity index (χ3v) is 9.23. The van der Waals surface area contributed by atoms with E-state index in [0.29, 0.717) is 5.92 Å². The molecular weight excluding hydrogens is 400 g/mol. The molecule has 0 amide bonds. The van der Waals surface area contributed by atoms with Crippen LogP contribution in [0.15, 0.2) is 24.3 Å². The van der Waals surface area contributed by atoms with Crippen molar-refractivity contribution in [3.8, 4) is 0 Å². The van der Waals surface area contributed by atoms with E-state index in [9.17, 15) is 4.79 Å². The monoisotopic (exact) mass is 452 g/mol. The van der Waals surface area contributed by atoms with Crippen molar-refractivity contribution in [2.24, 2.45) is 17.3 Å². The molecule has 0 radical (unpaired) electrons. The lowest BCUT2D eigenvalue weighted by Gasteiger charge is -2.36. The second-order valence-corrected chi connectivity index (χ2v) is 11.7. The average molecular weight is 453 g/mol. The molecule has 0 aliphatic heterocycles. The largest absolute Gasteiger partial charge is 0.303 e. The van der Waals surface area contributed by atoms with E-state index in [1.165, 1.54) is 120 Å². The molecule has 0 atom stereocenters. The van der Waals surface area contributed by atoms with Gasteiger partial charge in [-0.15, -0.1) is 0 Å². The third-order valence-electron chi connectivity index (χ3n) is 9.23. The molecule has 0 bridgehead atoms. The third kappa shape index (κ3) is 8.56. The molecule has 2 saturated carbocycles. The van der Waals surface area contributed by atoms with E-state index in [1.807, 2.05) is 0 Å². The Bertz CT molecular complexity index is 644. The minimum Gasteiger partial charge on any atom is -0.303 e. The van der Waals surface area contributed by atoms with Crippen LogP contribution < -0.4 is 0 Å². The molecule has 2 fully saturated rings. The zero-order valence-corrected chi connectivity index (χ0v) is 22.0. The molecule has 0 aromatic heterocycles. The summed E-state index contributed by atoms with van der Waals surface area (Å²) < 4.78 is 0. The highest BCUT2D eigenvalue weighted by Crippen LogP contribution is 2.45. The number of benzene rings is 1. The molecule has 3 rings (SSSR count). The van der Waals surface area contributed by atoms with Gasteiger partial charge in [0.2, 0.25) is 0 Å². The highest BCUT2D eigenvalue weighted by Gasteiger charge is 2.35. The van der Waals surface area contributed by atoms with Gasteiger partial charge in [-0.05, 0) is 73.8 Å². The SMILES string of the molecule is CCCCCCCC1(C=O)CCC(c2ccc(CCC3CCC(CCCC)CC3)cc2)CC1. The first-order valence-electron chi connectivity index (χ1n) is 14.7. The molecule has 0 saturated heterocycles. The Labute approximate surface area is 205 Å². The fourth-order valence-electron chi connectivity index (χ4n) is 6.66. The fraction of sp³-hybridized carbons (Fsp3) is 0.781. The number of hydrogen-bond acceptors (Lipinski definition) is 1. The van der Waals surface area contributed by atoms with E-state index in [1.54, 1.807) is 0 Å². The van der Waals surface area contributed by atoms with Crippen molar-refractivity contribution in [3.05, 3.63) is 35.4 Å². The lowest BCUT2D eigenvalue weighted by Crippen LogP contribution is -2.28. The summed E-state index contributed by atoms with van der Waals surface area (Å²) >= 11 is 0. The first-order chi connectivity index (χ1) is 16.2. The van der Waals surface area contributed by atoms with E-state index in [4.69, 9.17) is 0 Å². The maximum Gasteiger partial charge on any atom is 0.126 e. The summed E-state index contributed by atoms with van der Waals surface area (Å²) in [6.07, 6.45) is 26.3. The van der Waals surface area contributed by atoms with Gasteiger partial charge in [-0.25, -0.2) is 0 Å². The van der Waals surface area contributed by atoms with Crippen molar-refractivity contribution < 1.29 is 4.79 Å². The highest BCUT2D eigenvalue weighted by molar-refractivity contribution is 5.59. The van der Waals surface area contributed by atoms with Crippen LogP contribution in [-0.4, -0.2) is 6.29 Å². The summed E-state index contributed by atoms with van der Waals surface area (Å²) in [7, 11) is 0. The van der Waals surface area contributed by atoms with Gasteiger partial charge in [0.25, 0.3) is 0 Å². The van der Waals surface area contributed by atoms with Crippen LogP contribution in [0, 0.1) is 17.3 Å².